The molecular weight excluding hydrogens is 186 g/mol. The average molecular weight is 194 g/mol. The summed E-state index contributed by atoms with van der Waals surface area (Å²) in [5, 5.41) is 2.09. The van der Waals surface area contributed by atoms with Crippen molar-refractivity contribution in [2.45, 2.75) is 0 Å². The summed E-state index contributed by atoms with van der Waals surface area (Å²) in [5.74, 6) is 0. The van der Waals surface area contributed by atoms with Gasteiger partial charge in [-0.1, -0.05) is 29.8 Å². The molecule has 1 aromatic heterocycles. The maximum absolute atomic E-state index is 11.6. The lowest BCUT2D eigenvalue weighted by Gasteiger charge is -2.02. The molecule has 0 aliphatic heterocycles. The average Bonchev–Trinajstić information content (AvgIpc) is 2.15. The summed E-state index contributed by atoms with van der Waals surface area (Å²) in [6, 6.07) is 7.33. The predicted molar refractivity (Wildman–Crippen MR) is 54.2 cm³/mol. The highest BCUT2D eigenvalue weighted by molar-refractivity contribution is 6.35. The molecule has 0 saturated carbocycles. The molecular formula is C10H8ClNO. The Morgan fingerprint density at radius 2 is 1.85 bits per heavy atom. The van der Waals surface area contributed by atoms with E-state index in [-0.39, 0.29) is 5.56 Å². The van der Waals surface area contributed by atoms with Crippen molar-refractivity contribution >= 4 is 22.4 Å². The normalized spacial score (nSPS) is 10.6. The summed E-state index contributed by atoms with van der Waals surface area (Å²) < 4.78 is 1.49. The molecule has 0 bridgehead atoms. The van der Waals surface area contributed by atoms with Crippen molar-refractivity contribution in [2.75, 3.05) is 0 Å². The van der Waals surface area contributed by atoms with E-state index in [0.29, 0.717) is 10.4 Å². The van der Waals surface area contributed by atoms with E-state index in [2.05, 4.69) is 0 Å². The van der Waals surface area contributed by atoms with Gasteiger partial charge < -0.3 is 4.57 Å². The Balaban J connectivity index is 3.06. The first kappa shape index (κ1) is 8.32. The minimum absolute atomic E-state index is 0.0139. The summed E-state index contributed by atoms with van der Waals surface area (Å²) >= 11 is 5.97. The lowest BCUT2D eigenvalue weighted by Crippen LogP contribution is -2.15. The van der Waals surface area contributed by atoms with Crippen molar-refractivity contribution in [1.29, 1.82) is 0 Å². The van der Waals surface area contributed by atoms with Gasteiger partial charge in [0, 0.05) is 24.0 Å². The molecule has 1 heterocycles. The van der Waals surface area contributed by atoms with E-state index in [1.165, 1.54) is 4.57 Å². The number of aromatic nitrogens is 1. The van der Waals surface area contributed by atoms with Crippen LogP contribution in [0.1, 0.15) is 0 Å². The van der Waals surface area contributed by atoms with Crippen molar-refractivity contribution in [1.82, 2.24) is 4.57 Å². The highest BCUT2D eigenvalue weighted by atomic mass is 35.5. The van der Waals surface area contributed by atoms with Gasteiger partial charge in [0.25, 0.3) is 5.56 Å². The van der Waals surface area contributed by atoms with Crippen molar-refractivity contribution in [3.05, 3.63) is 45.8 Å². The number of pyridine rings is 1. The molecule has 0 spiro atoms. The number of hydrogen-bond donors (Lipinski definition) is 0. The Hall–Kier alpha value is -1.28. The minimum Gasteiger partial charge on any atom is -0.317 e. The van der Waals surface area contributed by atoms with Crippen molar-refractivity contribution < 1.29 is 0 Å². The maximum Gasteiger partial charge on any atom is 0.258 e. The Morgan fingerprint density at radius 1 is 1.23 bits per heavy atom. The van der Waals surface area contributed by atoms with Gasteiger partial charge in [0.05, 0.1) is 5.02 Å². The Labute approximate surface area is 80.4 Å². The van der Waals surface area contributed by atoms with Crippen molar-refractivity contribution in [3.63, 3.8) is 0 Å². The van der Waals surface area contributed by atoms with Gasteiger partial charge >= 0.3 is 0 Å². The molecule has 66 valence electrons. The molecule has 13 heavy (non-hydrogen) atoms. The number of rotatable bonds is 0. The quantitative estimate of drug-likeness (QED) is 0.629. The molecule has 0 radical (unpaired) electrons. The highest BCUT2D eigenvalue weighted by Crippen LogP contribution is 2.19. The molecule has 3 heteroatoms. The number of halogens is 1. The molecule has 0 saturated heterocycles. The Morgan fingerprint density at radius 3 is 2.54 bits per heavy atom. The number of fused-ring (bicyclic) bond motifs is 1. The van der Waals surface area contributed by atoms with E-state index in [4.69, 9.17) is 11.6 Å². The van der Waals surface area contributed by atoms with Crippen LogP contribution in [0.4, 0.5) is 0 Å². The van der Waals surface area contributed by atoms with Crippen LogP contribution in [-0.2, 0) is 7.05 Å². The number of benzene rings is 1. The maximum atomic E-state index is 11.6. The van der Waals surface area contributed by atoms with E-state index in [9.17, 15) is 4.79 Å². The first-order chi connectivity index (χ1) is 6.20. The number of nitrogens with zero attached hydrogens (tertiary/aromatic N) is 1. The van der Waals surface area contributed by atoms with Crippen LogP contribution in [0.5, 0.6) is 0 Å². The molecule has 0 aliphatic rings. The van der Waals surface area contributed by atoms with E-state index < -0.39 is 0 Å². The molecule has 2 aromatic rings. The Kier molecular flexibility index (Phi) is 1.85. The van der Waals surface area contributed by atoms with Gasteiger partial charge in [-0.15, -0.1) is 0 Å². The standard InChI is InChI=1S/C10H8ClNO/c1-12-6-9(11)7-4-2-3-5-8(7)10(12)13/h2-6H,1H3. The molecule has 0 fully saturated rings. The molecule has 0 N–H and O–H groups in total. The summed E-state index contributed by atoms with van der Waals surface area (Å²) in [5.41, 5.74) is -0.0139. The monoisotopic (exact) mass is 193 g/mol. The SMILES string of the molecule is Cn1cc(Cl)c2ccccc2c1=O. The van der Waals surface area contributed by atoms with Crippen LogP contribution >= 0.6 is 11.6 Å². The summed E-state index contributed by atoms with van der Waals surface area (Å²) in [6.07, 6.45) is 1.63. The van der Waals surface area contributed by atoms with Crippen LogP contribution in [0.25, 0.3) is 10.8 Å². The zero-order chi connectivity index (χ0) is 9.42. The van der Waals surface area contributed by atoms with E-state index in [1.54, 1.807) is 19.3 Å². The lowest BCUT2D eigenvalue weighted by atomic mass is 10.2. The predicted octanol–water partition coefficient (Wildman–Crippen LogP) is 2.19. The first-order valence-electron chi connectivity index (χ1n) is 3.94. The Bertz CT molecular complexity index is 516. The van der Waals surface area contributed by atoms with Gasteiger partial charge in [0.2, 0.25) is 0 Å². The highest BCUT2D eigenvalue weighted by Gasteiger charge is 2.03. The lowest BCUT2D eigenvalue weighted by molar-refractivity contribution is 0.873. The van der Waals surface area contributed by atoms with Crippen LogP contribution in [0.15, 0.2) is 35.3 Å². The van der Waals surface area contributed by atoms with Crippen molar-refractivity contribution in [2.24, 2.45) is 7.05 Å². The van der Waals surface area contributed by atoms with Gasteiger partial charge in [0.15, 0.2) is 0 Å². The largest absolute Gasteiger partial charge is 0.317 e. The summed E-state index contributed by atoms with van der Waals surface area (Å²) in [7, 11) is 1.70. The van der Waals surface area contributed by atoms with Gasteiger partial charge in [-0.2, -0.15) is 0 Å². The zero-order valence-corrected chi connectivity index (χ0v) is 7.88. The minimum atomic E-state index is -0.0139. The number of hydrogen-bond acceptors (Lipinski definition) is 1. The van der Waals surface area contributed by atoms with Crippen LogP contribution in [0, 0.1) is 0 Å². The number of aryl methyl sites for hydroxylation is 1. The third-order valence-corrected chi connectivity index (χ3v) is 2.34. The fraction of sp³-hybridized carbons (Fsp3) is 0.100. The second-order valence-corrected chi connectivity index (χ2v) is 3.35. The zero-order valence-electron chi connectivity index (χ0n) is 7.12. The third-order valence-electron chi connectivity index (χ3n) is 2.04. The summed E-state index contributed by atoms with van der Waals surface area (Å²) in [6.45, 7) is 0. The molecule has 0 unspecified atom stereocenters. The summed E-state index contributed by atoms with van der Waals surface area (Å²) in [4.78, 5) is 11.6. The van der Waals surface area contributed by atoms with Crippen LogP contribution in [0.2, 0.25) is 5.02 Å². The fourth-order valence-corrected chi connectivity index (χ4v) is 1.68. The van der Waals surface area contributed by atoms with E-state index >= 15 is 0 Å². The smallest absolute Gasteiger partial charge is 0.258 e. The topological polar surface area (TPSA) is 22.0 Å². The molecule has 1 aromatic carbocycles. The van der Waals surface area contributed by atoms with Crippen LogP contribution in [-0.4, -0.2) is 4.57 Å². The van der Waals surface area contributed by atoms with Crippen LogP contribution < -0.4 is 5.56 Å². The van der Waals surface area contributed by atoms with Gasteiger partial charge in [-0.3, -0.25) is 4.79 Å². The van der Waals surface area contributed by atoms with Crippen molar-refractivity contribution in [3.8, 4) is 0 Å². The van der Waals surface area contributed by atoms with Crippen LogP contribution in [0.3, 0.4) is 0 Å². The molecule has 0 atom stereocenters. The van der Waals surface area contributed by atoms with E-state index in [1.807, 2.05) is 18.2 Å². The molecule has 2 nitrogen and oxygen atoms in total. The molecule has 0 amide bonds. The first-order valence-corrected chi connectivity index (χ1v) is 4.32. The molecule has 2 rings (SSSR count). The second-order valence-electron chi connectivity index (χ2n) is 2.94. The van der Waals surface area contributed by atoms with Gasteiger partial charge in [-0.05, 0) is 6.07 Å². The van der Waals surface area contributed by atoms with Gasteiger partial charge in [0.1, 0.15) is 0 Å². The van der Waals surface area contributed by atoms with Gasteiger partial charge in [-0.25, -0.2) is 0 Å². The third kappa shape index (κ3) is 1.23. The second kappa shape index (κ2) is 2.89. The fourth-order valence-electron chi connectivity index (χ4n) is 1.37. The van der Waals surface area contributed by atoms with E-state index in [0.717, 1.165) is 5.39 Å². The molecule has 0 aliphatic carbocycles.